The lowest BCUT2D eigenvalue weighted by Crippen LogP contribution is -2.48. The molecule has 1 aromatic heterocycles. The minimum absolute atomic E-state index is 0.175. The topological polar surface area (TPSA) is 105 Å². The second-order valence-electron chi connectivity index (χ2n) is 9.19. The monoisotopic (exact) mass is 453 g/mol. The fourth-order valence-corrected chi connectivity index (χ4v) is 7.30. The third-order valence-corrected chi connectivity index (χ3v) is 9.87. The van der Waals surface area contributed by atoms with E-state index >= 15 is 0 Å². The van der Waals surface area contributed by atoms with Gasteiger partial charge in [-0.15, -0.1) is 15.7 Å². The van der Waals surface area contributed by atoms with Crippen LogP contribution in [0, 0.1) is 11.2 Å². The highest BCUT2D eigenvalue weighted by molar-refractivity contribution is 7.93. The molecule has 4 rings (SSSR count). The fourth-order valence-electron chi connectivity index (χ4n) is 4.95. The van der Waals surface area contributed by atoms with Gasteiger partial charge in [0.1, 0.15) is 0 Å². The summed E-state index contributed by atoms with van der Waals surface area (Å²) in [5.41, 5.74) is 2.38. The van der Waals surface area contributed by atoms with E-state index in [0.29, 0.717) is 0 Å². The Morgan fingerprint density at radius 1 is 1.40 bits per heavy atom. The van der Waals surface area contributed by atoms with E-state index in [1.54, 1.807) is 0 Å². The second-order valence-corrected chi connectivity index (χ2v) is 12.2. The van der Waals surface area contributed by atoms with Crippen LogP contribution in [-0.2, 0) is 15.5 Å². The van der Waals surface area contributed by atoms with Gasteiger partial charge in [-0.05, 0) is 69.6 Å². The maximum Gasteiger partial charge on any atom is 0.350 e. The van der Waals surface area contributed by atoms with Crippen LogP contribution in [0.3, 0.4) is 0 Å². The van der Waals surface area contributed by atoms with Crippen molar-refractivity contribution in [1.29, 1.82) is 0 Å². The largest absolute Gasteiger partial charge is 0.385 e. The summed E-state index contributed by atoms with van der Waals surface area (Å²) in [6.45, 7) is 5.15. The van der Waals surface area contributed by atoms with Gasteiger partial charge in [0.25, 0.3) is 0 Å². The molecular formula is C21H28FN3O3S2. The molecule has 9 heteroatoms. The molecule has 3 aliphatic carbocycles. The standard InChI is InChI=1S/C21H28FN3O3S2/c1-20(2,27)16-11-15(22)18(29-16)30(23,28)25-19(26)24-17-14-8-4-6-12(14)10-13-7-5-9-21(13,17)3/h10-11,17,27H,4-9H2,1-3H3,(H3,23,24,25,26,28). The number of hydrogen-bond acceptors (Lipinski definition) is 4. The fraction of sp³-hybridized carbons (Fsp3) is 0.571. The van der Waals surface area contributed by atoms with Gasteiger partial charge < -0.3 is 10.4 Å². The van der Waals surface area contributed by atoms with E-state index in [1.165, 1.54) is 30.6 Å². The van der Waals surface area contributed by atoms with Crippen LogP contribution in [0.5, 0.6) is 0 Å². The number of rotatable bonds is 3. The summed E-state index contributed by atoms with van der Waals surface area (Å²) in [5.74, 6) is -0.826. The van der Waals surface area contributed by atoms with E-state index in [0.717, 1.165) is 55.9 Å². The number of nitrogens with zero attached hydrogens (tertiary/aromatic N) is 1. The highest BCUT2D eigenvalue weighted by Gasteiger charge is 2.47. The molecule has 164 valence electrons. The van der Waals surface area contributed by atoms with Crippen LogP contribution in [-0.4, -0.2) is 21.4 Å². The van der Waals surface area contributed by atoms with Gasteiger partial charge in [-0.2, -0.15) is 0 Å². The Hall–Kier alpha value is -1.55. The number of halogens is 1. The first-order valence-electron chi connectivity index (χ1n) is 10.2. The SMILES string of the molecule is CC(C)(O)c1cc(F)c(S(N)(=O)=NC(=O)NC2C3=C(C=C4CCCC42C)CCC3)s1. The van der Waals surface area contributed by atoms with Crippen molar-refractivity contribution >= 4 is 27.3 Å². The molecule has 0 aromatic carbocycles. The molecule has 3 atom stereocenters. The van der Waals surface area contributed by atoms with E-state index in [9.17, 15) is 18.5 Å². The van der Waals surface area contributed by atoms with Crippen LogP contribution in [0.2, 0.25) is 0 Å². The summed E-state index contributed by atoms with van der Waals surface area (Å²) in [5, 5.41) is 18.9. The number of aliphatic hydroxyl groups is 1. The van der Waals surface area contributed by atoms with Crippen molar-refractivity contribution in [1.82, 2.24) is 5.32 Å². The van der Waals surface area contributed by atoms with E-state index in [4.69, 9.17) is 5.14 Å². The molecule has 0 bridgehead atoms. The van der Waals surface area contributed by atoms with Gasteiger partial charge in [-0.3, -0.25) is 0 Å². The maximum absolute atomic E-state index is 14.4. The van der Waals surface area contributed by atoms with Gasteiger partial charge in [-0.1, -0.05) is 18.6 Å². The second kappa shape index (κ2) is 7.25. The van der Waals surface area contributed by atoms with Gasteiger partial charge in [-0.25, -0.2) is 18.5 Å². The lowest BCUT2D eigenvalue weighted by Gasteiger charge is -2.40. The predicted octanol–water partition coefficient (Wildman–Crippen LogP) is 4.50. The van der Waals surface area contributed by atoms with Gasteiger partial charge in [0.2, 0.25) is 0 Å². The lowest BCUT2D eigenvalue weighted by atomic mass is 9.70. The predicted molar refractivity (Wildman–Crippen MR) is 116 cm³/mol. The first-order chi connectivity index (χ1) is 13.9. The highest BCUT2D eigenvalue weighted by atomic mass is 32.2. The van der Waals surface area contributed by atoms with Crippen molar-refractivity contribution in [2.24, 2.45) is 14.9 Å². The molecule has 4 N–H and O–H groups in total. The summed E-state index contributed by atoms with van der Waals surface area (Å²) in [7, 11) is -3.78. The normalized spacial score (nSPS) is 27.9. The number of fused-ring (bicyclic) bond motifs is 1. The van der Waals surface area contributed by atoms with Gasteiger partial charge in [0, 0.05) is 10.3 Å². The first-order valence-corrected chi connectivity index (χ1v) is 12.6. The molecule has 3 unspecified atom stereocenters. The van der Waals surface area contributed by atoms with Crippen LogP contribution in [0.4, 0.5) is 9.18 Å². The molecule has 6 nitrogen and oxygen atoms in total. The number of carbonyl (C=O) groups is 1. The van der Waals surface area contributed by atoms with E-state index < -0.39 is 27.4 Å². The Balaban J connectivity index is 1.64. The molecule has 2 amide bonds. The molecule has 30 heavy (non-hydrogen) atoms. The van der Waals surface area contributed by atoms with Crippen LogP contribution in [0.25, 0.3) is 0 Å². The quantitative estimate of drug-likeness (QED) is 0.627. The summed E-state index contributed by atoms with van der Waals surface area (Å²) in [4.78, 5) is 13.1. The average molecular weight is 454 g/mol. The van der Waals surface area contributed by atoms with Crippen molar-refractivity contribution in [3.8, 4) is 0 Å². The molecule has 1 heterocycles. The summed E-state index contributed by atoms with van der Waals surface area (Å²) >= 11 is 0.774. The van der Waals surface area contributed by atoms with Gasteiger partial charge >= 0.3 is 6.03 Å². The Kier molecular flexibility index (Phi) is 5.24. The number of nitrogens with one attached hydrogen (secondary N) is 1. The zero-order valence-electron chi connectivity index (χ0n) is 17.5. The minimum Gasteiger partial charge on any atom is -0.385 e. The van der Waals surface area contributed by atoms with Crippen LogP contribution < -0.4 is 10.5 Å². The summed E-state index contributed by atoms with van der Waals surface area (Å²) in [6, 6.07) is 0.0927. The van der Waals surface area contributed by atoms with Crippen LogP contribution >= 0.6 is 11.3 Å². The Bertz CT molecular complexity index is 1090. The van der Waals surface area contributed by atoms with Crippen molar-refractivity contribution < 1.29 is 18.5 Å². The van der Waals surface area contributed by atoms with E-state index in [2.05, 4.69) is 22.7 Å². The third kappa shape index (κ3) is 3.66. The number of nitrogens with two attached hydrogens (primary N) is 1. The van der Waals surface area contributed by atoms with Crippen LogP contribution in [0.15, 0.2) is 37.4 Å². The Labute approximate surface area is 180 Å². The summed E-state index contributed by atoms with van der Waals surface area (Å²) < 4.78 is 30.7. The molecule has 0 spiro atoms. The number of amides is 2. The number of hydrogen-bond donors (Lipinski definition) is 3. The molecule has 0 saturated heterocycles. The lowest BCUT2D eigenvalue weighted by molar-refractivity contribution is 0.0823. The van der Waals surface area contributed by atoms with Crippen molar-refractivity contribution in [2.75, 3.05) is 0 Å². The van der Waals surface area contributed by atoms with E-state index in [-0.39, 0.29) is 20.5 Å². The van der Waals surface area contributed by atoms with Crippen molar-refractivity contribution in [2.45, 2.75) is 75.1 Å². The molecule has 1 fully saturated rings. The van der Waals surface area contributed by atoms with Crippen molar-refractivity contribution in [3.63, 3.8) is 0 Å². The average Bonchev–Trinajstić information content (AvgIpc) is 3.32. The zero-order chi connectivity index (χ0) is 21.9. The Morgan fingerprint density at radius 2 is 2.13 bits per heavy atom. The minimum atomic E-state index is -3.78. The number of allylic oxidation sites excluding steroid dienone is 2. The number of urea groups is 1. The smallest absolute Gasteiger partial charge is 0.350 e. The van der Waals surface area contributed by atoms with Gasteiger partial charge in [0.15, 0.2) is 19.9 Å². The molecule has 1 saturated carbocycles. The van der Waals surface area contributed by atoms with Gasteiger partial charge in [0.05, 0.1) is 11.6 Å². The summed E-state index contributed by atoms with van der Waals surface area (Å²) in [6.07, 6.45) is 8.35. The zero-order valence-corrected chi connectivity index (χ0v) is 19.1. The highest BCUT2D eigenvalue weighted by Crippen LogP contribution is 2.53. The molecule has 0 aliphatic heterocycles. The van der Waals surface area contributed by atoms with Crippen molar-refractivity contribution in [3.05, 3.63) is 39.6 Å². The maximum atomic E-state index is 14.4. The van der Waals surface area contributed by atoms with E-state index in [1.807, 2.05) is 0 Å². The first kappa shape index (κ1) is 21.7. The molecule has 0 radical (unpaired) electrons. The number of carbonyl (C=O) groups excluding carboxylic acids is 1. The Morgan fingerprint density at radius 3 is 2.80 bits per heavy atom. The molecule has 3 aliphatic rings. The molecule has 1 aromatic rings. The number of thiophene rings is 1. The molecular weight excluding hydrogens is 425 g/mol. The van der Waals surface area contributed by atoms with Crippen LogP contribution in [0.1, 0.15) is 64.2 Å². The third-order valence-electron chi connectivity index (χ3n) is 6.52.